The number of aliphatic hydroxyl groups is 1. The number of imidazole rings is 2. The zero-order chi connectivity index (χ0) is 28.6. The molecule has 11 heteroatoms. The van der Waals surface area contributed by atoms with Crippen molar-refractivity contribution in [3.63, 3.8) is 0 Å². The zero-order valence-electron chi connectivity index (χ0n) is 23.0. The van der Waals surface area contributed by atoms with Gasteiger partial charge in [0.05, 0.1) is 17.1 Å². The minimum Gasteiger partial charge on any atom is -0.491 e. The van der Waals surface area contributed by atoms with Crippen LogP contribution in [-0.2, 0) is 0 Å². The molecule has 1 fully saturated rings. The van der Waals surface area contributed by atoms with E-state index in [2.05, 4.69) is 15.2 Å². The highest BCUT2D eigenvalue weighted by atomic mass is 19.1. The fourth-order valence-electron chi connectivity index (χ4n) is 5.20. The molecule has 1 aliphatic rings. The van der Waals surface area contributed by atoms with Gasteiger partial charge in [-0.2, -0.15) is 9.97 Å². The molecule has 0 radical (unpaired) electrons. The topological polar surface area (TPSA) is 105 Å². The molecule has 4 aromatic heterocycles. The first-order valence-electron chi connectivity index (χ1n) is 13.9. The second-order valence-electron chi connectivity index (χ2n) is 10.1. The SMILES string of the molecule is CNc1ccn2cc(-c3cccc(C(O)c4c(-c5cccc(OCCF)c5)nc5nc(N6CCC6)ccn45)c3)nc2n1. The average Bonchev–Trinajstić information content (AvgIpc) is 3.60. The van der Waals surface area contributed by atoms with Gasteiger partial charge in [-0.3, -0.25) is 8.80 Å². The number of aliphatic hydroxyl groups excluding tert-OH is 1. The highest BCUT2D eigenvalue weighted by Gasteiger charge is 2.25. The van der Waals surface area contributed by atoms with Crippen molar-refractivity contribution in [1.29, 1.82) is 0 Å². The van der Waals surface area contributed by atoms with E-state index in [9.17, 15) is 9.50 Å². The molecule has 10 nitrogen and oxygen atoms in total. The maximum absolute atomic E-state index is 12.8. The Balaban J connectivity index is 1.32. The summed E-state index contributed by atoms with van der Waals surface area (Å²) in [5, 5.41) is 15.0. The fraction of sp³-hybridized carbons (Fsp3) is 0.226. The highest BCUT2D eigenvalue weighted by molar-refractivity contribution is 5.70. The molecular formula is C31H29FN8O2. The molecule has 0 aliphatic carbocycles. The van der Waals surface area contributed by atoms with Crippen molar-refractivity contribution in [3.05, 3.63) is 90.5 Å². The first-order chi connectivity index (χ1) is 20.6. The van der Waals surface area contributed by atoms with Crippen LogP contribution in [0.1, 0.15) is 23.8 Å². The molecule has 212 valence electrons. The summed E-state index contributed by atoms with van der Waals surface area (Å²) in [6.07, 6.45) is 5.83. The number of ether oxygens (including phenoxy) is 1. The van der Waals surface area contributed by atoms with Gasteiger partial charge in [0.1, 0.15) is 36.8 Å². The third-order valence-electron chi connectivity index (χ3n) is 7.49. The van der Waals surface area contributed by atoms with Gasteiger partial charge in [-0.05, 0) is 42.3 Å². The summed E-state index contributed by atoms with van der Waals surface area (Å²) >= 11 is 0. The maximum Gasteiger partial charge on any atom is 0.236 e. The predicted octanol–water partition coefficient (Wildman–Crippen LogP) is 4.79. The number of halogens is 1. The van der Waals surface area contributed by atoms with Crippen LogP contribution in [0.3, 0.4) is 0 Å². The third-order valence-corrected chi connectivity index (χ3v) is 7.49. The molecule has 6 aromatic rings. The van der Waals surface area contributed by atoms with Crippen LogP contribution < -0.4 is 15.0 Å². The first-order valence-corrected chi connectivity index (χ1v) is 13.9. The smallest absolute Gasteiger partial charge is 0.236 e. The minimum absolute atomic E-state index is 0.0352. The van der Waals surface area contributed by atoms with Gasteiger partial charge in [0.15, 0.2) is 0 Å². The highest BCUT2D eigenvalue weighted by Crippen LogP contribution is 2.35. The summed E-state index contributed by atoms with van der Waals surface area (Å²) < 4.78 is 22.0. The largest absolute Gasteiger partial charge is 0.491 e. The van der Waals surface area contributed by atoms with Gasteiger partial charge in [0.2, 0.25) is 11.6 Å². The Labute approximate surface area is 241 Å². The number of anilines is 2. The standard InChI is InChI=1S/C31H29FN8O2/c1-33-25-9-14-39-19-24(34-30(39)35-25)20-5-2-7-22(17-20)29(41)28-27(21-6-3-8-23(18-21)42-16-11-32)37-31-36-26(10-15-40(28)31)38-12-4-13-38/h2-3,5-10,14-15,17-19,29,41H,4,11-13,16H2,1H3,(H,33,34,35). The lowest BCUT2D eigenvalue weighted by molar-refractivity contribution is 0.215. The van der Waals surface area contributed by atoms with E-state index in [1.165, 1.54) is 0 Å². The van der Waals surface area contributed by atoms with Crippen LogP contribution in [-0.4, -0.2) is 67.3 Å². The lowest BCUT2D eigenvalue weighted by Crippen LogP contribution is -2.37. The van der Waals surface area contributed by atoms with Gasteiger partial charge >= 0.3 is 0 Å². The van der Waals surface area contributed by atoms with Crippen LogP contribution in [0.5, 0.6) is 5.75 Å². The second-order valence-corrected chi connectivity index (χ2v) is 10.1. The van der Waals surface area contributed by atoms with Gasteiger partial charge in [-0.25, -0.2) is 14.4 Å². The van der Waals surface area contributed by atoms with Crippen molar-refractivity contribution in [2.45, 2.75) is 12.5 Å². The van der Waals surface area contributed by atoms with Crippen molar-refractivity contribution in [2.24, 2.45) is 0 Å². The molecule has 2 N–H and O–H groups in total. The average molecular weight is 565 g/mol. The Bertz CT molecular complexity index is 1900. The van der Waals surface area contributed by atoms with E-state index in [-0.39, 0.29) is 6.61 Å². The van der Waals surface area contributed by atoms with E-state index in [1.807, 2.05) is 89.0 Å². The first kappa shape index (κ1) is 25.9. The number of hydrogen-bond donors (Lipinski definition) is 2. The summed E-state index contributed by atoms with van der Waals surface area (Å²) in [6.45, 7) is 1.30. The molecular weight excluding hydrogens is 535 g/mol. The number of hydrogen-bond acceptors (Lipinski definition) is 8. The Hall–Kier alpha value is -5.03. The molecule has 7 rings (SSSR count). The molecule has 2 aromatic carbocycles. The monoisotopic (exact) mass is 564 g/mol. The molecule has 1 saturated heterocycles. The van der Waals surface area contributed by atoms with Gasteiger partial charge in [0, 0.05) is 49.9 Å². The number of nitrogens with zero attached hydrogens (tertiary/aromatic N) is 7. The van der Waals surface area contributed by atoms with Gasteiger partial charge in [0.25, 0.3) is 0 Å². The molecule has 1 unspecified atom stereocenters. The molecule has 1 atom stereocenters. The molecule has 0 spiro atoms. The van der Waals surface area contributed by atoms with Crippen molar-refractivity contribution in [2.75, 3.05) is 43.6 Å². The normalized spacial score (nSPS) is 13.8. The molecule has 5 heterocycles. The summed E-state index contributed by atoms with van der Waals surface area (Å²) in [5.41, 5.74) is 4.14. The van der Waals surface area contributed by atoms with Crippen LogP contribution in [0, 0.1) is 0 Å². The number of benzene rings is 2. The summed E-state index contributed by atoms with van der Waals surface area (Å²) in [7, 11) is 1.82. The lowest BCUT2D eigenvalue weighted by Gasteiger charge is -2.31. The van der Waals surface area contributed by atoms with Crippen molar-refractivity contribution >= 4 is 23.2 Å². The van der Waals surface area contributed by atoms with E-state index in [0.29, 0.717) is 34.3 Å². The number of fused-ring (bicyclic) bond motifs is 2. The molecule has 42 heavy (non-hydrogen) atoms. The van der Waals surface area contributed by atoms with E-state index in [4.69, 9.17) is 19.7 Å². The van der Waals surface area contributed by atoms with Crippen LogP contribution >= 0.6 is 0 Å². The Morgan fingerprint density at radius 3 is 2.62 bits per heavy atom. The van der Waals surface area contributed by atoms with Gasteiger partial charge in [-0.1, -0.05) is 30.3 Å². The Morgan fingerprint density at radius 1 is 0.952 bits per heavy atom. The number of aromatic nitrogens is 6. The Morgan fingerprint density at radius 2 is 1.81 bits per heavy atom. The van der Waals surface area contributed by atoms with E-state index >= 15 is 0 Å². The van der Waals surface area contributed by atoms with E-state index < -0.39 is 12.8 Å². The van der Waals surface area contributed by atoms with Crippen LogP contribution in [0.15, 0.2) is 79.3 Å². The quantitative estimate of drug-likeness (QED) is 0.258. The van der Waals surface area contributed by atoms with E-state index in [0.717, 1.165) is 48.0 Å². The van der Waals surface area contributed by atoms with Crippen LogP contribution in [0.25, 0.3) is 34.1 Å². The zero-order valence-corrected chi connectivity index (χ0v) is 23.0. The van der Waals surface area contributed by atoms with Crippen molar-refractivity contribution < 1.29 is 14.2 Å². The molecule has 0 bridgehead atoms. The van der Waals surface area contributed by atoms with Crippen molar-refractivity contribution in [1.82, 2.24) is 28.7 Å². The number of rotatable bonds is 9. The van der Waals surface area contributed by atoms with Crippen molar-refractivity contribution in [3.8, 4) is 28.3 Å². The minimum atomic E-state index is -1.03. The predicted molar refractivity (Wildman–Crippen MR) is 159 cm³/mol. The summed E-state index contributed by atoms with van der Waals surface area (Å²) in [5.74, 6) is 3.18. The molecule has 1 aliphatic heterocycles. The summed E-state index contributed by atoms with van der Waals surface area (Å²) in [4.78, 5) is 21.1. The van der Waals surface area contributed by atoms with Gasteiger partial charge in [-0.15, -0.1) is 0 Å². The lowest BCUT2D eigenvalue weighted by atomic mass is 9.99. The third kappa shape index (κ3) is 4.67. The molecule has 0 amide bonds. The van der Waals surface area contributed by atoms with Gasteiger partial charge < -0.3 is 20.1 Å². The Kier molecular flexibility index (Phi) is 6.63. The summed E-state index contributed by atoms with van der Waals surface area (Å²) in [6, 6.07) is 18.8. The maximum atomic E-state index is 12.8. The van der Waals surface area contributed by atoms with Crippen LogP contribution in [0.4, 0.5) is 16.0 Å². The molecule has 0 saturated carbocycles. The fourth-order valence-corrected chi connectivity index (χ4v) is 5.20. The number of alkyl halides is 1. The number of nitrogens with one attached hydrogen (secondary N) is 1. The second kappa shape index (κ2) is 10.7. The van der Waals surface area contributed by atoms with Crippen LogP contribution in [0.2, 0.25) is 0 Å². The van der Waals surface area contributed by atoms with E-state index in [1.54, 1.807) is 6.07 Å².